The Balaban J connectivity index is 0.00000320. The van der Waals surface area contributed by atoms with E-state index in [9.17, 15) is 5.11 Å². The summed E-state index contributed by atoms with van der Waals surface area (Å²) < 4.78 is 17.4. The van der Waals surface area contributed by atoms with Crippen molar-refractivity contribution in [2.24, 2.45) is 10.4 Å². The molecule has 0 amide bonds. The Hall–Kier alpha value is -1.26. The van der Waals surface area contributed by atoms with Crippen LogP contribution in [0.5, 0.6) is 11.5 Å². The van der Waals surface area contributed by atoms with E-state index in [-0.39, 0.29) is 42.1 Å². The summed E-state index contributed by atoms with van der Waals surface area (Å²) in [4.78, 5) is 4.35. The molecule has 0 aromatic heterocycles. The van der Waals surface area contributed by atoms with Gasteiger partial charge >= 0.3 is 0 Å². The predicted octanol–water partition coefficient (Wildman–Crippen LogP) is 3.09. The van der Waals surface area contributed by atoms with Crippen LogP contribution in [-0.2, 0) is 11.3 Å². The summed E-state index contributed by atoms with van der Waals surface area (Å²) in [6.07, 6.45) is 6.60. The first kappa shape index (κ1) is 25.0. The zero-order valence-corrected chi connectivity index (χ0v) is 20.4. The Morgan fingerprint density at radius 2 is 2.10 bits per heavy atom. The third-order valence-corrected chi connectivity index (χ3v) is 5.99. The van der Waals surface area contributed by atoms with Crippen LogP contribution in [0, 0.1) is 5.41 Å². The molecule has 0 radical (unpaired) electrons. The van der Waals surface area contributed by atoms with Crippen LogP contribution in [0.3, 0.4) is 0 Å². The molecule has 1 atom stereocenters. The summed E-state index contributed by atoms with van der Waals surface area (Å²) in [6.45, 7) is 2.90. The number of hydrogen-bond acceptors (Lipinski definition) is 5. The first-order chi connectivity index (χ1) is 14.2. The topological polar surface area (TPSA) is 84.3 Å². The molecule has 1 saturated carbocycles. The van der Waals surface area contributed by atoms with E-state index in [1.54, 1.807) is 14.2 Å². The summed E-state index contributed by atoms with van der Waals surface area (Å²) >= 11 is 0. The van der Waals surface area contributed by atoms with Gasteiger partial charge in [-0.1, -0.05) is 12.1 Å². The van der Waals surface area contributed by atoms with Crippen molar-refractivity contribution >= 4 is 29.9 Å². The van der Waals surface area contributed by atoms with Gasteiger partial charge in [0.25, 0.3) is 0 Å². The molecule has 1 aliphatic heterocycles. The normalized spacial score (nSPS) is 21.9. The Bertz CT molecular complexity index is 674. The van der Waals surface area contributed by atoms with Gasteiger partial charge in [-0.3, -0.25) is 4.99 Å². The van der Waals surface area contributed by atoms with Gasteiger partial charge in [0.05, 0.1) is 19.8 Å². The fraction of sp³-hybridized carbons (Fsp3) is 0.682. The fourth-order valence-corrected chi connectivity index (χ4v) is 4.15. The number of para-hydroxylation sites is 1. The van der Waals surface area contributed by atoms with Crippen LogP contribution < -0.4 is 20.1 Å². The van der Waals surface area contributed by atoms with E-state index in [0.717, 1.165) is 61.9 Å². The number of hydrogen-bond donors (Lipinski definition) is 3. The average molecular weight is 533 g/mol. The molecule has 0 spiro atoms. The van der Waals surface area contributed by atoms with Gasteiger partial charge in [-0.25, -0.2) is 0 Å². The van der Waals surface area contributed by atoms with Crippen LogP contribution in [-0.4, -0.2) is 57.7 Å². The summed E-state index contributed by atoms with van der Waals surface area (Å²) in [7, 11) is 3.44. The standard InChI is InChI=1S/C22H35N3O4.HI/c1-23-21(25-15-22(10-12-26)11-13-28-16-22)24-14-17-6-5-9-19(27-2)20(17)29-18-7-3-4-8-18;/h5-6,9,18,26H,3-4,7-8,10-16H2,1-2H3,(H2,23,24,25);1H. The van der Waals surface area contributed by atoms with Crippen molar-refractivity contribution in [3.8, 4) is 11.5 Å². The monoisotopic (exact) mass is 533 g/mol. The molecule has 3 rings (SSSR count). The third kappa shape index (κ3) is 6.62. The lowest BCUT2D eigenvalue weighted by molar-refractivity contribution is 0.127. The summed E-state index contributed by atoms with van der Waals surface area (Å²) in [5.41, 5.74) is 1.02. The molecule has 1 saturated heterocycles. The van der Waals surface area contributed by atoms with Crippen LogP contribution in [0.15, 0.2) is 23.2 Å². The lowest BCUT2D eigenvalue weighted by Crippen LogP contribution is -2.44. The second-order valence-electron chi connectivity index (χ2n) is 8.03. The summed E-state index contributed by atoms with van der Waals surface area (Å²) in [5, 5.41) is 16.2. The number of aliphatic hydroxyl groups excluding tert-OH is 1. The number of ether oxygens (including phenoxy) is 3. The maximum Gasteiger partial charge on any atom is 0.191 e. The van der Waals surface area contributed by atoms with Crippen molar-refractivity contribution in [2.45, 2.75) is 51.2 Å². The molecule has 170 valence electrons. The van der Waals surface area contributed by atoms with Crippen molar-refractivity contribution in [3.05, 3.63) is 23.8 Å². The molecular formula is C22H36IN3O4. The van der Waals surface area contributed by atoms with Gasteiger partial charge in [0, 0.05) is 44.3 Å². The first-order valence-electron chi connectivity index (χ1n) is 10.7. The molecule has 1 aliphatic carbocycles. The number of nitrogens with one attached hydrogen (secondary N) is 2. The van der Waals surface area contributed by atoms with Gasteiger partial charge in [0.15, 0.2) is 17.5 Å². The highest BCUT2D eigenvalue weighted by atomic mass is 127. The minimum Gasteiger partial charge on any atom is -0.493 e. The van der Waals surface area contributed by atoms with Gasteiger partial charge in [0.1, 0.15) is 0 Å². The largest absolute Gasteiger partial charge is 0.493 e. The van der Waals surface area contributed by atoms with Crippen molar-refractivity contribution in [1.29, 1.82) is 0 Å². The average Bonchev–Trinajstić information content (AvgIpc) is 3.42. The number of nitrogens with zero attached hydrogens (tertiary/aromatic N) is 1. The van der Waals surface area contributed by atoms with Crippen molar-refractivity contribution in [2.75, 3.05) is 40.5 Å². The van der Waals surface area contributed by atoms with E-state index < -0.39 is 0 Å². The SMILES string of the molecule is CN=C(NCc1cccc(OC)c1OC1CCCC1)NCC1(CCO)CCOC1.I. The van der Waals surface area contributed by atoms with Crippen molar-refractivity contribution in [1.82, 2.24) is 10.6 Å². The zero-order chi connectivity index (χ0) is 20.5. The molecule has 1 unspecified atom stereocenters. The van der Waals surface area contributed by atoms with Gasteiger partial charge in [0.2, 0.25) is 0 Å². The highest BCUT2D eigenvalue weighted by molar-refractivity contribution is 14.0. The maximum atomic E-state index is 9.41. The predicted molar refractivity (Wildman–Crippen MR) is 129 cm³/mol. The van der Waals surface area contributed by atoms with Crippen LogP contribution in [0.2, 0.25) is 0 Å². The summed E-state index contributed by atoms with van der Waals surface area (Å²) in [6, 6.07) is 5.99. The Labute approximate surface area is 197 Å². The van der Waals surface area contributed by atoms with Gasteiger partial charge < -0.3 is 30.0 Å². The van der Waals surface area contributed by atoms with Crippen molar-refractivity contribution in [3.63, 3.8) is 0 Å². The molecule has 2 aliphatic rings. The zero-order valence-electron chi connectivity index (χ0n) is 18.1. The van der Waals surface area contributed by atoms with E-state index in [2.05, 4.69) is 21.7 Å². The minimum absolute atomic E-state index is 0. The fourth-order valence-electron chi connectivity index (χ4n) is 4.15. The highest BCUT2D eigenvalue weighted by Crippen LogP contribution is 2.35. The molecule has 2 fully saturated rings. The molecular weight excluding hydrogens is 497 g/mol. The molecule has 8 heteroatoms. The molecule has 7 nitrogen and oxygen atoms in total. The van der Waals surface area contributed by atoms with E-state index in [0.29, 0.717) is 13.2 Å². The molecule has 0 bridgehead atoms. The Morgan fingerprint density at radius 1 is 1.30 bits per heavy atom. The number of guanidine groups is 1. The molecule has 30 heavy (non-hydrogen) atoms. The first-order valence-corrected chi connectivity index (χ1v) is 10.7. The number of benzene rings is 1. The Morgan fingerprint density at radius 3 is 2.73 bits per heavy atom. The molecule has 1 heterocycles. The van der Waals surface area contributed by atoms with E-state index in [1.807, 2.05) is 12.1 Å². The van der Waals surface area contributed by atoms with Crippen LogP contribution in [0.25, 0.3) is 0 Å². The smallest absolute Gasteiger partial charge is 0.191 e. The lowest BCUT2D eigenvalue weighted by atomic mass is 9.84. The second kappa shape index (κ2) is 12.6. The Kier molecular flexibility index (Phi) is 10.5. The molecule has 3 N–H and O–H groups in total. The number of methoxy groups -OCH3 is 1. The van der Waals surface area contributed by atoms with Gasteiger partial charge in [-0.05, 0) is 44.6 Å². The van der Waals surface area contributed by atoms with Crippen LogP contribution >= 0.6 is 24.0 Å². The second-order valence-corrected chi connectivity index (χ2v) is 8.03. The number of aliphatic imine (C=N–C) groups is 1. The van der Waals surface area contributed by atoms with E-state index >= 15 is 0 Å². The molecule has 1 aromatic rings. The highest BCUT2D eigenvalue weighted by Gasteiger charge is 2.34. The van der Waals surface area contributed by atoms with Crippen molar-refractivity contribution < 1.29 is 19.3 Å². The van der Waals surface area contributed by atoms with Crippen LogP contribution in [0.1, 0.15) is 44.1 Å². The quantitative estimate of drug-likeness (QED) is 0.257. The van der Waals surface area contributed by atoms with Gasteiger partial charge in [-0.15, -0.1) is 24.0 Å². The van der Waals surface area contributed by atoms with Gasteiger partial charge in [-0.2, -0.15) is 0 Å². The van der Waals surface area contributed by atoms with E-state index in [1.165, 1.54) is 12.8 Å². The van der Waals surface area contributed by atoms with E-state index in [4.69, 9.17) is 14.2 Å². The summed E-state index contributed by atoms with van der Waals surface area (Å²) in [5.74, 6) is 2.32. The molecule has 1 aromatic carbocycles. The van der Waals surface area contributed by atoms with Crippen LogP contribution in [0.4, 0.5) is 0 Å². The third-order valence-electron chi connectivity index (χ3n) is 5.99. The maximum absolute atomic E-state index is 9.41. The number of rotatable bonds is 9. The number of aliphatic hydroxyl groups is 1. The lowest BCUT2D eigenvalue weighted by Gasteiger charge is -2.28. The number of halogens is 1. The minimum atomic E-state index is -0.0287.